The molecule has 1 aliphatic rings. The van der Waals surface area contributed by atoms with Crippen molar-refractivity contribution in [3.05, 3.63) is 65.3 Å². The van der Waals surface area contributed by atoms with Gasteiger partial charge in [0, 0.05) is 31.3 Å². The summed E-state index contributed by atoms with van der Waals surface area (Å²) in [6, 6.07) is 16.9. The Kier molecular flexibility index (Phi) is 5.86. The second-order valence-electron chi connectivity index (χ2n) is 7.00. The van der Waals surface area contributed by atoms with Gasteiger partial charge in [0.15, 0.2) is 11.5 Å². The minimum Gasteiger partial charge on any atom is -0.490 e. The maximum atomic E-state index is 13.1. The fourth-order valence-electron chi connectivity index (χ4n) is 3.67. The predicted molar refractivity (Wildman–Crippen MR) is 114 cm³/mol. The quantitative estimate of drug-likeness (QED) is 0.557. The van der Waals surface area contributed by atoms with Gasteiger partial charge < -0.3 is 14.4 Å². The van der Waals surface area contributed by atoms with Crippen LogP contribution in [0.25, 0.3) is 10.9 Å². The molecule has 4 rings (SSSR count). The zero-order valence-electron chi connectivity index (χ0n) is 16.3. The van der Waals surface area contributed by atoms with Crippen LogP contribution in [0.1, 0.15) is 30.1 Å². The maximum absolute atomic E-state index is 13.1. The lowest BCUT2D eigenvalue weighted by Crippen LogP contribution is -2.41. The first-order valence-corrected chi connectivity index (χ1v) is 10.3. The molecule has 1 aromatic heterocycles. The Morgan fingerprint density at radius 1 is 1.10 bits per heavy atom. The molecule has 6 heteroatoms. The first kappa shape index (κ1) is 19.5. The van der Waals surface area contributed by atoms with Crippen LogP contribution in [-0.2, 0) is 0 Å². The number of amides is 1. The molecule has 2 heterocycles. The van der Waals surface area contributed by atoms with Crippen LogP contribution in [-0.4, -0.2) is 41.6 Å². The van der Waals surface area contributed by atoms with Crippen LogP contribution in [0.4, 0.5) is 0 Å². The van der Waals surface area contributed by atoms with Gasteiger partial charge in [0.2, 0.25) is 0 Å². The number of aromatic nitrogens is 1. The van der Waals surface area contributed by atoms with Crippen LogP contribution in [0.5, 0.6) is 11.5 Å². The number of halogens is 1. The number of benzene rings is 2. The number of fused-ring (bicyclic) bond motifs is 1. The summed E-state index contributed by atoms with van der Waals surface area (Å²) >= 11 is 6.15. The Bertz CT molecular complexity index is 1020. The Balaban J connectivity index is 1.45. The third kappa shape index (κ3) is 4.30. The van der Waals surface area contributed by atoms with E-state index < -0.39 is 0 Å². The number of pyridine rings is 1. The smallest absolute Gasteiger partial charge is 0.254 e. The number of hydrogen-bond donors (Lipinski definition) is 0. The zero-order valence-corrected chi connectivity index (χ0v) is 17.1. The van der Waals surface area contributed by atoms with Crippen LogP contribution in [0, 0.1) is 0 Å². The average molecular weight is 411 g/mol. The number of carbonyl (C=O) groups is 1. The lowest BCUT2D eigenvalue weighted by Gasteiger charge is -2.32. The van der Waals surface area contributed by atoms with Gasteiger partial charge in [0.25, 0.3) is 5.91 Å². The molecule has 1 aliphatic heterocycles. The summed E-state index contributed by atoms with van der Waals surface area (Å²) in [7, 11) is 0. The highest BCUT2D eigenvalue weighted by Crippen LogP contribution is 2.30. The molecule has 150 valence electrons. The van der Waals surface area contributed by atoms with E-state index in [1.165, 1.54) is 0 Å². The number of nitrogens with zero attached hydrogens (tertiary/aromatic N) is 2. The van der Waals surface area contributed by atoms with Crippen molar-refractivity contribution in [3.63, 3.8) is 0 Å². The van der Waals surface area contributed by atoms with E-state index in [0.29, 0.717) is 30.4 Å². The molecule has 0 aliphatic carbocycles. The average Bonchev–Trinajstić information content (AvgIpc) is 2.75. The van der Waals surface area contributed by atoms with Gasteiger partial charge in [-0.2, -0.15) is 0 Å². The lowest BCUT2D eigenvalue weighted by atomic mass is 10.0. The molecule has 1 fully saturated rings. The normalized spacial score (nSPS) is 14.8. The number of para-hydroxylation sites is 3. The molecular weight excluding hydrogens is 388 g/mol. The van der Waals surface area contributed by atoms with Crippen molar-refractivity contribution in [1.82, 2.24) is 9.88 Å². The van der Waals surface area contributed by atoms with E-state index in [2.05, 4.69) is 4.98 Å². The molecular formula is C23H23ClN2O3. The minimum absolute atomic E-state index is 0.0151. The maximum Gasteiger partial charge on any atom is 0.254 e. The van der Waals surface area contributed by atoms with Gasteiger partial charge in [-0.25, -0.2) is 4.98 Å². The molecule has 1 amide bonds. The van der Waals surface area contributed by atoms with Crippen molar-refractivity contribution in [2.45, 2.75) is 25.9 Å². The monoisotopic (exact) mass is 410 g/mol. The van der Waals surface area contributed by atoms with Crippen LogP contribution in [0.15, 0.2) is 54.6 Å². The Morgan fingerprint density at radius 3 is 2.55 bits per heavy atom. The second-order valence-corrected chi connectivity index (χ2v) is 7.39. The van der Waals surface area contributed by atoms with Gasteiger partial charge in [-0.05, 0) is 31.2 Å². The molecule has 0 saturated carbocycles. The molecule has 3 aromatic rings. The van der Waals surface area contributed by atoms with E-state index >= 15 is 0 Å². The minimum atomic E-state index is -0.0151. The summed E-state index contributed by atoms with van der Waals surface area (Å²) in [5.74, 6) is 1.50. The van der Waals surface area contributed by atoms with Crippen molar-refractivity contribution >= 4 is 28.4 Å². The molecule has 1 saturated heterocycles. The van der Waals surface area contributed by atoms with Gasteiger partial charge in [-0.3, -0.25) is 4.79 Å². The topological polar surface area (TPSA) is 51.7 Å². The van der Waals surface area contributed by atoms with Gasteiger partial charge >= 0.3 is 0 Å². The summed E-state index contributed by atoms with van der Waals surface area (Å²) in [6.07, 6.45) is 1.59. The van der Waals surface area contributed by atoms with E-state index in [1.807, 2.05) is 60.4 Å². The molecule has 0 N–H and O–H groups in total. The first-order chi connectivity index (χ1) is 14.2. The van der Waals surface area contributed by atoms with E-state index in [-0.39, 0.29) is 12.0 Å². The van der Waals surface area contributed by atoms with Crippen molar-refractivity contribution in [2.24, 2.45) is 0 Å². The number of piperidine rings is 1. The first-order valence-electron chi connectivity index (χ1n) is 9.88. The fraction of sp³-hybridized carbons (Fsp3) is 0.304. The van der Waals surface area contributed by atoms with Crippen molar-refractivity contribution in [2.75, 3.05) is 19.7 Å². The number of carbonyl (C=O) groups excluding carboxylic acids is 1. The van der Waals surface area contributed by atoms with Gasteiger partial charge in [-0.15, -0.1) is 0 Å². The summed E-state index contributed by atoms with van der Waals surface area (Å²) in [4.78, 5) is 19.3. The Labute approximate surface area is 175 Å². The second kappa shape index (κ2) is 8.70. The zero-order chi connectivity index (χ0) is 20.2. The highest BCUT2D eigenvalue weighted by atomic mass is 35.5. The fourth-order valence-corrected chi connectivity index (χ4v) is 3.87. The molecule has 0 radical (unpaired) electrons. The Hall–Kier alpha value is -2.79. The highest BCUT2D eigenvalue weighted by Gasteiger charge is 2.26. The highest BCUT2D eigenvalue weighted by molar-refractivity contribution is 6.30. The van der Waals surface area contributed by atoms with Gasteiger partial charge in [-0.1, -0.05) is 41.9 Å². The SMILES string of the molecule is CCOc1ccccc1OC1CCN(C(=O)c2cc(Cl)nc3ccccc23)CC1. The van der Waals surface area contributed by atoms with Crippen molar-refractivity contribution in [1.29, 1.82) is 0 Å². The van der Waals surface area contributed by atoms with Crippen molar-refractivity contribution < 1.29 is 14.3 Å². The summed E-state index contributed by atoms with van der Waals surface area (Å²) in [5, 5.41) is 1.16. The van der Waals surface area contributed by atoms with E-state index in [1.54, 1.807) is 6.07 Å². The van der Waals surface area contributed by atoms with Crippen molar-refractivity contribution in [3.8, 4) is 11.5 Å². The molecule has 0 atom stereocenters. The van der Waals surface area contributed by atoms with E-state index in [4.69, 9.17) is 21.1 Å². The molecule has 0 spiro atoms. The number of hydrogen-bond acceptors (Lipinski definition) is 4. The molecule has 29 heavy (non-hydrogen) atoms. The summed E-state index contributed by atoms with van der Waals surface area (Å²) < 4.78 is 11.8. The third-order valence-electron chi connectivity index (χ3n) is 5.09. The summed E-state index contributed by atoms with van der Waals surface area (Å²) in [5.41, 5.74) is 1.33. The van der Waals surface area contributed by atoms with E-state index in [9.17, 15) is 4.79 Å². The third-order valence-corrected chi connectivity index (χ3v) is 5.28. The Morgan fingerprint density at radius 2 is 1.79 bits per heavy atom. The number of ether oxygens (including phenoxy) is 2. The predicted octanol–water partition coefficient (Wildman–Crippen LogP) is 4.97. The van der Waals surface area contributed by atoms with Gasteiger partial charge in [0.05, 0.1) is 17.7 Å². The number of rotatable bonds is 5. The van der Waals surface area contributed by atoms with Crippen LogP contribution in [0.3, 0.4) is 0 Å². The molecule has 2 aromatic carbocycles. The lowest BCUT2D eigenvalue weighted by molar-refractivity contribution is 0.0591. The standard InChI is InChI=1S/C23H23ClN2O3/c1-2-28-20-9-5-6-10-21(20)29-16-11-13-26(14-12-16)23(27)18-15-22(24)25-19-8-4-3-7-17(18)19/h3-10,15-16H,2,11-14H2,1H3. The van der Waals surface area contributed by atoms with Crippen LogP contribution >= 0.6 is 11.6 Å². The van der Waals surface area contributed by atoms with Crippen LogP contribution < -0.4 is 9.47 Å². The molecule has 0 bridgehead atoms. The van der Waals surface area contributed by atoms with Crippen LogP contribution in [0.2, 0.25) is 5.15 Å². The van der Waals surface area contributed by atoms with Gasteiger partial charge in [0.1, 0.15) is 11.3 Å². The number of likely N-dealkylation sites (tertiary alicyclic amines) is 1. The molecule has 0 unspecified atom stereocenters. The van der Waals surface area contributed by atoms with E-state index in [0.717, 1.165) is 35.2 Å². The largest absolute Gasteiger partial charge is 0.490 e. The molecule has 5 nitrogen and oxygen atoms in total. The summed E-state index contributed by atoms with van der Waals surface area (Å²) in [6.45, 7) is 3.81.